The molecular weight excluding hydrogens is 316 g/mol. The molecule has 0 atom stereocenters. The predicted octanol–water partition coefficient (Wildman–Crippen LogP) is 4.24. The van der Waals surface area contributed by atoms with E-state index in [1.807, 2.05) is 19.2 Å². The maximum atomic E-state index is 13.5. The van der Waals surface area contributed by atoms with Gasteiger partial charge in [-0.25, -0.2) is 8.78 Å². The molecule has 19 heavy (non-hydrogen) atoms. The Balaban J connectivity index is 2.23. The Kier molecular flexibility index (Phi) is 4.50. The lowest BCUT2D eigenvalue weighted by Crippen LogP contribution is -2.04. The van der Waals surface area contributed by atoms with Crippen LogP contribution in [0.25, 0.3) is 0 Å². The molecule has 100 valence electrons. The summed E-state index contributed by atoms with van der Waals surface area (Å²) in [5.74, 6) is -0.895. The Hall–Kier alpha value is -1.46. The summed E-state index contributed by atoms with van der Waals surface area (Å²) in [5, 5.41) is 3.03. The normalized spacial score (nSPS) is 10.5. The molecule has 1 N–H and O–H groups in total. The Morgan fingerprint density at radius 2 is 1.84 bits per heavy atom. The van der Waals surface area contributed by atoms with Crippen molar-refractivity contribution < 1.29 is 13.5 Å². The number of hydrogen-bond acceptors (Lipinski definition) is 2. The first-order valence-corrected chi connectivity index (χ1v) is 6.45. The van der Waals surface area contributed by atoms with Crippen molar-refractivity contribution in [2.45, 2.75) is 6.54 Å². The van der Waals surface area contributed by atoms with Crippen LogP contribution in [0.1, 0.15) is 5.56 Å². The zero-order chi connectivity index (χ0) is 13.8. The molecule has 0 spiro atoms. The van der Waals surface area contributed by atoms with Crippen molar-refractivity contribution in [3.05, 3.63) is 58.1 Å². The fourth-order valence-corrected chi connectivity index (χ4v) is 2.12. The molecule has 0 aromatic heterocycles. The second-order valence-electron chi connectivity index (χ2n) is 3.97. The molecule has 0 radical (unpaired) electrons. The van der Waals surface area contributed by atoms with E-state index in [9.17, 15) is 8.78 Å². The number of rotatable bonds is 4. The Bertz CT molecular complexity index is 590. The van der Waals surface area contributed by atoms with Crippen molar-refractivity contribution >= 4 is 15.9 Å². The highest BCUT2D eigenvalue weighted by Crippen LogP contribution is 2.31. The SMILES string of the molecule is CNCc1ccc(Oc2ccc(F)cc2F)c(Br)c1. The lowest BCUT2D eigenvalue weighted by molar-refractivity contribution is 0.435. The van der Waals surface area contributed by atoms with Crippen LogP contribution in [0.4, 0.5) is 8.78 Å². The van der Waals surface area contributed by atoms with E-state index in [1.165, 1.54) is 6.07 Å². The summed E-state index contributed by atoms with van der Waals surface area (Å²) in [4.78, 5) is 0. The first-order valence-electron chi connectivity index (χ1n) is 5.66. The molecule has 0 aliphatic heterocycles. The van der Waals surface area contributed by atoms with Crippen LogP contribution in [-0.4, -0.2) is 7.05 Å². The molecule has 0 saturated carbocycles. The van der Waals surface area contributed by atoms with E-state index in [0.29, 0.717) is 10.2 Å². The van der Waals surface area contributed by atoms with Gasteiger partial charge >= 0.3 is 0 Å². The smallest absolute Gasteiger partial charge is 0.168 e. The summed E-state index contributed by atoms with van der Waals surface area (Å²) in [5.41, 5.74) is 1.07. The van der Waals surface area contributed by atoms with Gasteiger partial charge in [-0.05, 0) is 52.8 Å². The van der Waals surface area contributed by atoms with Gasteiger partial charge in [-0.3, -0.25) is 0 Å². The molecule has 2 aromatic rings. The van der Waals surface area contributed by atoms with Crippen molar-refractivity contribution in [1.29, 1.82) is 0 Å². The van der Waals surface area contributed by atoms with Gasteiger partial charge in [0.25, 0.3) is 0 Å². The number of ether oxygens (including phenoxy) is 1. The lowest BCUT2D eigenvalue weighted by atomic mass is 10.2. The molecule has 2 nitrogen and oxygen atoms in total. The highest BCUT2D eigenvalue weighted by molar-refractivity contribution is 9.10. The summed E-state index contributed by atoms with van der Waals surface area (Å²) in [7, 11) is 1.85. The van der Waals surface area contributed by atoms with Gasteiger partial charge in [0.15, 0.2) is 11.6 Å². The molecule has 0 bridgehead atoms. The van der Waals surface area contributed by atoms with Crippen molar-refractivity contribution in [2.24, 2.45) is 0 Å². The zero-order valence-corrected chi connectivity index (χ0v) is 11.8. The van der Waals surface area contributed by atoms with Crippen LogP contribution in [0.5, 0.6) is 11.5 Å². The molecule has 0 amide bonds. The van der Waals surface area contributed by atoms with Crippen molar-refractivity contribution in [3.63, 3.8) is 0 Å². The van der Waals surface area contributed by atoms with Crippen molar-refractivity contribution in [2.75, 3.05) is 7.05 Å². The van der Waals surface area contributed by atoms with E-state index in [-0.39, 0.29) is 5.75 Å². The van der Waals surface area contributed by atoms with Crippen LogP contribution in [-0.2, 0) is 6.54 Å². The van der Waals surface area contributed by atoms with E-state index in [0.717, 1.165) is 24.2 Å². The summed E-state index contributed by atoms with van der Waals surface area (Å²) in [6, 6.07) is 8.70. The molecule has 0 fully saturated rings. The third-order valence-electron chi connectivity index (χ3n) is 2.49. The van der Waals surface area contributed by atoms with E-state index in [2.05, 4.69) is 21.2 Å². The molecule has 2 rings (SSSR count). The van der Waals surface area contributed by atoms with E-state index >= 15 is 0 Å². The third-order valence-corrected chi connectivity index (χ3v) is 3.11. The van der Waals surface area contributed by atoms with Gasteiger partial charge < -0.3 is 10.1 Å². The first kappa shape index (κ1) is 14.0. The molecule has 0 aliphatic rings. The van der Waals surface area contributed by atoms with E-state index in [1.54, 1.807) is 6.07 Å². The molecule has 0 aliphatic carbocycles. The number of hydrogen-bond donors (Lipinski definition) is 1. The van der Waals surface area contributed by atoms with Crippen LogP contribution in [0.15, 0.2) is 40.9 Å². The van der Waals surface area contributed by atoms with Crippen LogP contribution >= 0.6 is 15.9 Å². The second-order valence-corrected chi connectivity index (χ2v) is 4.83. The summed E-state index contributed by atoms with van der Waals surface area (Å²) in [6.45, 7) is 0.726. The number of benzene rings is 2. The maximum Gasteiger partial charge on any atom is 0.168 e. The highest BCUT2D eigenvalue weighted by Gasteiger charge is 2.09. The highest BCUT2D eigenvalue weighted by atomic mass is 79.9. The number of halogens is 3. The number of nitrogens with one attached hydrogen (secondary N) is 1. The van der Waals surface area contributed by atoms with E-state index < -0.39 is 11.6 Å². The van der Waals surface area contributed by atoms with Gasteiger partial charge in [0, 0.05) is 12.6 Å². The second kappa shape index (κ2) is 6.12. The third kappa shape index (κ3) is 3.52. The topological polar surface area (TPSA) is 21.3 Å². The lowest BCUT2D eigenvalue weighted by Gasteiger charge is -2.10. The maximum absolute atomic E-state index is 13.5. The van der Waals surface area contributed by atoms with Gasteiger partial charge in [-0.2, -0.15) is 0 Å². The molecule has 2 aromatic carbocycles. The Labute approximate surface area is 118 Å². The van der Waals surface area contributed by atoms with Crippen molar-refractivity contribution in [1.82, 2.24) is 5.32 Å². The van der Waals surface area contributed by atoms with Gasteiger partial charge in [0.05, 0.1) is 4.47 Å². The Morgan fingerprint density at radius 3 is 2.47 bits per heavy atom. The van der Waals surface area contributed by atoms with Crippen LogP contribution in [0, 0.1) is 11.6 Å². The summed E-state index contributed by atoms with van der Waals surface area (Å²) >= 11 is 3.36. The molecular formula is C14H12BrF2NO. The summed E-state index contributed by atoms with van der Waals surface area (Å²) in [6.07, 6.45) is 0. The quantitative estimate of drug-likeness (QED) is 0.906. The fraction of sp³-hybridized carbons (Fsp3) is 0.143. The average molecular weight is 328 g/mol. The minimum atomic E-state index is -0.730. The largest absolute Gasteiger partial charge is 0.453 e. The molecule has 0 heterocycles. The average Bonchev–Trinajstić information content (AvgIpc) is 2.36. The molecule has 5 heteroatoms. The minimum Gasteiger partial charge on any atom is -0.453 e. The molecule has 0 saturated heterocycles. The fourth-order valence-electron chi connectivity index (χ4n) is 1.62. The van der Waals surface area contributed by atoms with Gasteiger partial charge in [-0.15, -0.1) is 0 Å². The monoisotopic (exact) mass is 327 g/mol. The minimum absolute atomic E-state index is 0.0107. The first-order chi connectivity index (χ1) is 9.10. The Morgan fingerprint density at radius 1 is 1.11 bits per heavy atom. The standard InChI is InChI=1S/C14H12BrF2NO/c1-18-8-9-2-4-13(11(15)6-9)19-14-5-3-10(16)7-12(14)17/h2-7,18H,8H2,1H3. The zero-order valence-electron chi connectivity index (χ0n) is 10.2. The molecule has 0 unspecified atom stereocenters. The van der Waals surface area contributed by atoms with Crippen LogP contribution in [0.2, 0.25) is 0 Å². The van der Waals surface area contributed by atoms with Crippen molar-refractivity contribution in [3.8, 4) is 11.5 Å². The van der Waals surface area contributed by atoms with E-state index in [4.69, 9.17) is 4.74 Å². The summed E-state index contributed by atoms with van der Waals surface area (Å²) < 4.78 is 32.4. The van der Waals surface area contributed by atoms with Gasteiger partial charge in [-0.1, -0.05) is 6.07 Å². The van der Waals surface area contributed by atoms with Crippen LogP contribution < -0.4 is 10.1 Å². The predicted molar refractivity (Wildman–Crippen MR) is 73.3 cm³/mol. The van der Waals surface area contributed by atoms with Crippen LogP contribution in [0.3, 0.4) is 0 Å². The van der Waals surface area contributed by atoms with Gasteiger partial charge in [0.2, 0.25) is 0 Å². The van der Waals surface area contributed by atoms with Gasteiger partial charge in [0.1, 0.15) is 11.6 Å².